The third kappa shape index (κ3) is 2.70. The second-order valence-corrected chi connectivity index (χ2v) is 8.09. The van der Waals surface area contributed by atoms with E-state index in [0.29, 0.717) is 33.1 Å². The minimum Gasteiger partial charge on any atom is -0.361 e. The Morgan fingerprint density at radius 2 is 2.00 bits per heavy atom. The Morgan fingerprint density at radius 3 is 2.65 bits per heavy atom. The van der Waals surface area contributed by atoms with Crippen LogP contribution in [0.25, 0.3) is 21.9 Å². The van der Waals surface area contributed by atoms with E-state index < -0.39 is 11.8 Å². The molecular weight excluding hydrogens is 403 g/mol. The molecule has 1 aliphatic carbocycles. The number of hydrogen-bond acceptors (Lipinski definition) is 3. The number of H-pyrrole nitrogens is 1. The van der Waals surface area contributed by atoms with Crippen molar-refractivity contribution in [2.75, 3.05) is 7.05 Å². The number of aryl methyl sites for hydroxylation is 1. The van der Waals surface area contributed by atoms with Gasteiger partial charge in [0, 0.05) is 22.7 Å². The number of halogens is 3. The fraction of sp³-hybridized carbons (Fsp3) is 0.304. The molecule has 5 rings (SSSR count). The third-order valence-corrected chi connectivity index (χ3v) is 6.26. The second-order valence-electron chi connectivity index (χ2n) is 8.09. The molecule has 0 amide bonds. The summed E-state index contributed by atoms with van der Waals surface area (Å²) in [6, 6.07) is 10.2. The Morgan fingerprint density at radius 1 is 1.23 bits per heavy atom. The largest absolute Gasteiger partial charge is 0.430 e. The minimum absolute atomic E-state index is 0.100. The van der Waals surface area contributed by atoms with Gasteiger partial charge in [-0.05, 0) is 68.1 Å². The summed E-state index contributed by atoms with van der Waals surface area (Å²) in [6.45, 7) is 1.92. The maximum Gasteiger partial charge on any atom is 0.430 e. The Bertz CT molecular complexity index is 1350. The molecule has 1 aliphatic rings. The highest BCUT2D eigenvalue weighted by Crippen LogP contribution is 2.51. The van der Waals surface area contributed by atoms with Crippen molar-refractivity contribution in [1.29, 1.82) is 5.26 Å². The molecule has 0 aliphatic heterocycles. The molecule has 4 aromatic rings. The van der Waals surface area contributed by atoms with Crippen LogP contribution >= 0.6 is 0 Å². The van der Waals surface area contributed by atoms with Gasteiger partial charge in [0.1, 0.15) is 0 Å². The van der Waals surface area contributed by atoms with Gasteiger partial charge in [-0.25, -0.2) is 4.98 Å². The van der Waals surface area contributed by atoms with Gasteiger partial charge in [0.15, 0.2) is 0 Å². The summed E-state index contributed by atoms with van der Waals surface area (Å²) in [5.74, 6) is 0.100. The summed E-state index contributed by atoms with van der Waals surface area (Å²) in [7, 11) is 1.33. The molecule has 31 heavy (non-hydrogen) atoms. The van der Waals surface area contributed by atoms with Gasteiger partial charge in [0.05, 0.1) is 29.0 Å². The zero-order valence-corrected chi connectivity index (χ0v) is 17.0. The van der Waals surface area contributed by atoms with Crippen molar-refractivity contribution in [1.82, 2.24) is 19.9 Å². The van der Waals surface area contributed by atoms with E-state index in [2.05, 4.69) is 15.3 Å². The van der Waals surface area contributed by atoms with E-state index in [-0.39, 0.29) is 11.5 Å². The van der Waals surface area contributed by atoms with E-state index in [1.54, 1.807) is 12.3 Å². The van der Waals surface area contributed by atoms with E-state index in [4.69, 9.17) is 5.26 Å². The molecule has 2 N–H and O–H groups in total. The molecule has 158 valence electrons. The molecule has 0 saturated heterocycles. The van der Waals surface area contributed by atoms with Crippen LogP contribution < -0.4 is 5.32 Å². The van der Waals surface area contributed by atoms with Crippen LogP contribution in [-0.4, -0.2) is 27.8 Å². The number of fused-ring (bicyclic) bond motifs is 2. The summed E-state index contributed by atoms with van der Waals surface area (Å²) in [5, 5.41) is 12.3. The van der Waals surface area contributed by atoms with E-state index in [1.165, 1.54) is 31.6 Å². The fourth-order valence-corrected chi connectivity index (χ4v) is 4.69. The van der Waals surface area contributed by atoms with E-state index in [9.17, 15) is 0 Å². The predicted molar refractivity (Wildman–Crippen MR) is 112 cm³/mol. The molecule has 1 atom stereocenters. The summed E-state index contributed by atoms with van der Waals surface area (Å²) >= 11 is 0. The van der Waals surface area contributed by atoms with Gasteiger partial charge in [0.25, 0.3) is 0 Å². The SMILES string of the molecule is CNC(c1c(C2CC2)cc(C)c2[nH]ccc12)(n1cnc2cc(C#N)ccc21)C(F)(F)F. The number of alkyl halides is 3. The van der Waals surface area contributed by atoms with Crippen LogP contribution in [0.3, 0.4) is 0 Å². The first-order valence-corrected chi connectivity index (χ1v) is 10.1. The molecule has 1 saturated carbocycles. The number of benzene rings is 2. The lowest BCUT2D eigenvalue weighted by Gasteiger charge is -2.39. The highest BCUT2D eigenvalue weighted by molar-refractivity contribution is 5.89. The van der Waals surface area contributed by atoms with Gasteiger partial charge >= 0.3 is 6.18 Å². The van der Waals surface area contributed by atoms with Gasteiger partial charge < -0.3 is 4.98 Å². The lowest BCUT2D eigenvalue weighted by atomic mass is 9.86. The molecule has 8 heteroatoms. The monoisotopic (exact) mass is 423 g/mol. The van der Waals surface area contributed by atoms with Crippen molar-refractivity contribution < 1.29 is 13.2 Å². The van der Waals surface area contributed by atoms with Crippen molar-refractivity contribution in [3.05, 3.63) is 65.1 Å². The Hall–Kier alpha value is -3.31. The van der Waals surface area contributed by atoms with E-state index in [1.807, 2.05) is 19.1 Å². The zero-order valence-electron chi connectivity index (χ0n) is 17.0. The molecule has 1 fully saturated rings. The Kier molecular flexibility index (Phi) is 4.18. The highest BCUT2D eigenvalue weighted by Gasteiger charge is 2.59. The van der Waals surface area contributed by atoms with Crippen LogP contribution in [0.5, 0.6) is 0 Å². The van der Waals surface area contributed by atoms with E-state index in [0.717, 1.165) is 23.0 Å². The number of hydrogen-bond donors (Lipinski definition) is 2. The highest BCUT2D eigenvalue weighted by atomic mass is 19.4. The smallest absolute Gasteiger partial charge is 0.361 e. The Balaban J connectivity index is 1.92. The van der Waals surface area contributed by atoms with Gasteiger partial charge in [-0.1, -0.05) is 6.07 Å². The lowest BCUT2D eigenvalue weighted by Crippen LogP contribution is -2.58. The van der Waals surface area contributed by atoms with Crippen molar-refractivity contribution in [2.45, 2.75) is 37.5 Å². The number of nitrogens with one attached hydrogen (secondary N) is 2. The van der Waals surface area contributed by atoms with Crippen LogP contribution in [-0.2, 0) is 5.66 Å². The van der Waals surface area contributed by atoms with Crippen LogP contribution in [0.15, 0.2) is 42.9 Å². The van der Waals surface area contributed by atoms with Crippen LogP contribution in [0, 0.1) is 18.3 Å². The first kappa shape index (κ1) is 19.6. The maximum atomic E-state index is 15.1. The number of rotatable bonds is 4. The second kappa shape index (κ2) is 6.59. The van der Waals surface area contributed by atoms with Crippen LogP contribution in [0.4, 0.5) is 13.2 Å². The lowest BCUT2D eigenvalue weighted by molar-refractivity contribution is -0.207. The van der Waals surface area contributed by atoms with Gasteiger partial charge in [-0.2, -0.15) is 18.4 Å². The number of aromatic amines is 1. The first-order chi connectivity index (χ1) is 14.8. The maximum absolute atomic E-state index is 15.1. The molecule has 0 radical (unpaired) electrons. The van der Waals surface area contributed by atoms with Crippen LogP contribution in [0.1, 0.15) is 41.0 Å². The molecular formula is C23H20F3N5. The molecule has 2 aromatic heterocycles. The molecule has 0 spiro atoms. The standard InChI is InChI=1S/C23H20F3N5/c1-13-9-17(15-4-5-15)20(16-7-8-29-21(13)16)22(28-2,23(24,25)26)31-12-30-18-10-14(11-27)3-6-19(18)31/h3,6-10,12,15,28-29H,4-5H2,1-2H3. The molecule has 2 aromatic carbocycles. The minimum atomic E-state index is -4.67. The summed E-state index contributed by atoms with van der Waals surface area (Å²) in [5.41, 5.74) is 1.00. The summed E-state index contributed by atoms with van der Waals surface area (Å²) in [6.07, 6.45) is -0.0382. The Labute approximate surface area is 176 Å². The first-order valence-electron chi connectivity index (χ1n) is 10.1. The molecule has 0 bridgehead atoms. The van der Waals surface area contributed by atoms with Crippen LogP contribution in [0.2, 0.25) is 0 Å². The number of nitriles is 1. The fourth-order valence-electron chi connectivity index (χ4n) is 4.69. The average Bonchev–Trinajstić information content (AvgIpc) is 3.31. The summed E-state index contributed by atoms with van der Waals surface area (Å²) in [4.78, 5) is 7.32. The average molecular weight is 423 g/mol. The van der Waals surface area contributed by atoms with Crippen molar-refractivity contribution >= 4 is 21.9 Å². The zero-order chi connectivity index (χ0) is 22.0. The van der Waals surface area contributed by atoms with E-state index >= 15 is 13.2 Å². The normalized spacial score (nSPS) is 16.5. The van der Waals surface area contributed by atoms with Gasteiger partial charge in [0.2, 0.25) is 5.66 Å². The number of nitrogens with zero attached hydrogens (tertiary/aromatic N) is 3. The number of aromatic nitrogens is 3. The predicted octanol–water partition coefficient (Wildman–Crippen LogP) is 5.06. The molecule has 2 heterocycles. The van der Waals surface area contributed by atoms with Gasteiger partial charge in [-0.15, -0.1) is 0 Å². The molecule has 1 unspecified atom stereocenters. The quantitative estimate of drug-likeness (QED) is 0.482. The topological polar surface area (TPSA) is 69.4 Å². The molecule has 5 nitrogen and oxygen atoms in total. The van der Waals surface area contributed by atoms with Crippen molar-refractivity contribution in [3.8, 4) is 6.07 Å². The van der Waals surface area contributed by atoms with Gasteiger partial charge in [-0.3, -0.25) is 9.88 Å². The van der Waals surface area contributed by atoms with Crippen molar-refractivity contribution in [3.63, 3.8) is 0 Å². The van der Waals surface area contributed by atoms with Crippen molar-refractivity contribution in [2.24, 2.45) is 0 Å². The third-order valence-electron chi connectivity index (χ3n) is 6.26. The summed E-state index contributed by atoms with van der Waals surface area (Å²) < 4.78 is 46.5. The number of imidazole rings is 1.